The molecule has 1 atom stereocenters. The van der Waals surface area contributed by atoms with Crippen LogP contribution < -0.4 is 10.6 Å². The van der Waals surface area contributed by atoms with Gasteiger partial charge < -0.3 is 10.6 Å². The number of unbranched alkanes of at least 4 members (excludes halogenated alkanes) is 2. The molecular formula is C16H22ClF3N2O2. The number of halogens is 4. The van der Waals surface area contributed by atoms with Gasteiger partial charge in [0.25, 0.3) is 0 Å². The van der Waals surface area contributed by atoms with Gasteiger partial charge in [0.15, 0.2) is 0 Å². The summed E-state index contributed by atoms with van der Waals surface area (Å²) in [5, 5.41) is 4.03. The molecule has 0 aromatic carbocycles. The predicted octanol–water partition coefficient (Wildman–Crippen LogP) is 3.25. The molecule has 0 fully saturated rings. The number of carbonyl (C=O) groups is 2. The Hall–Kier alpha value is -1.76. The molecule has 24 heavy (non-hydrogen) atoms. The number of hydrogen-bond acceptors (Lipinski definition) is 2. The average Bonchev–Trinajstić information content (AvgIpc) is 2.52. The van der Waals surface area contributed by atoms with Crippen molar-refractivity contribution in [2.75, 3.05) is 13.1 Å². The first kappa shape index (κ1) is 22.2. The highest BCUT2D eigenvalue weighted by atomic mass is 35.5. The molecule has 0 spiro atoms. The van der Waals surface area contributed by atoms with Crippen molar-refractivity contribution in [2.24, 2.45) is 0 Å². The standard InChI is InChI=1S/C16H22ClF3N2O2/c1-3-8-12(4-2)13(17)11-22-14(23)9-6-5-7-10-21-15(24)16(18,19)20/h3-4,8,13H,1-2,5-7,9-11H2,(H,21,24)(H,22,23)/b12-8+. The van der Waals surface area contributed by atoms with Crippen molar-refractivity contribution in [1.82, 2.24) is 10.6 Å². The summed E-state index contributed by atoms with van der Waals surface area (Å²) in [7, 11) is 0. The first-order valence-corrected chi connectivity index (χ1v) is 7.86. The summed E-state index contributed by atoms with van der Waals surface area (Å²) in [6, 6.07) is 0. The van der Waals surface area contributed by atoms with Gasteiger partial charge in [-0.05, 0) is 18.4 Å². The number of alkyl halides is 4. The minimum atomic E-state index is -4.86. The van der Waals surface area contributed by atoms with E-state index in [0.29, 0.717) is 19.3 Å². The average molecular weight is 367 g/mol. The molecule has 0 bridgehead atoms. The lowest BCUT2D eigenvalue weighted by Gasteiger charge is -2.12. The first-order chi connectivity index (χ1) is 11.2. The minimum absolute atomic E-state index is 0.0707. The van der Waals surface area contributed by atoms with Crippen molar-refractivity contribution in [3.8, 4) is 0 Å². The molecule has 0 aromatic heterocycles. The number of allylic oxidation sites excluding steroid dienone is 3. The third-order valence-electron chi connectivity index (χ3n) is 3.01. The number of nitrogens with one attached hydrogen (secondary N) is 2. The number of rotatable bonds is 11. The van der Waals surface area contributed by atoms with E-state index in [0.717, 1.165) is 5.57 Å². The van der Waals surface area contributed by atoms with Crippen molar-refractivity contribution < 1.29 is 22.8 Å². The Morgan fingerprint density at radius 1 is 1.12 bits per heavy atom. The minimum Gasteiger partial charge on any atom is -0.354 e. The van der Waals surface area contributed by atoms with E-state index >= 15 is 0 Å². The molecule has 0 aliphatic carbocycles. The fraction of sp³-hybridized carbons (Fsp3) is 0.500. The lowest BCUT2D eigenvalue weighted by molar-refractivity contribution is -0.173. The Bertz CT molecular complexity index is 476. The van der Waals surface area contributed by atoms with Gasteiger partial charge in [-0.15, -0.1) is 11.6 Å². The first-order valence-electron chi connectivity index (χ1n) is 7.43. The molecule has 0 saturated carbocycles. The molecule has 8 heteroatoms. The van der Waals surface area contributed by atoms with Crippen LogP contribution in [0.5, 0.6) is 0 Å². The van der Waals surface area contributed by atoms with Crippen molar-refractivity contribution in [2.45, 2.75) is 37.2 Å². The van der Waals surface area contributed by atoms with Gasteiger partial charge in [-0.1, -0.05) is 37.8 Å². The normalized spacial score (nSPS) is 13.1. The Labute approximate surface area is 144 Å². The monoisotopic (exact) mass is 366 g/mol. The lowest BCUT2D eigenvalue weighted by atomic mass is 10.1. The van der Waals surface area contributed by atoms with E-state index in [9.17, 15) is 22.8 Å². The molecule has 0 aromatic rings. The van der Waals surface area contributed by atoms with Crippen LogP contribution in [-0.4, -0.2) is 36.5 Å². The zero-order valence-corrected chi connectivity index (χ0v) is 14.1. The zero-order chi connectivity index (χ0) is 18.6. The van der Waals surface area contributed by atoms with Crippen LogP contribution in [0.15, 0.2) is 37.0 Å². The molecule has 4 nitrogen and oxygen atoms in total. The molecule has 0 rings (SSSR count). The Morgan fingerprint density at radius 2 is 1.79 bits per heavy atom. The van der Waals surface area contributed by atoms with Crippen molar-refractivity contribution in [3.05, 3.63) is 37.0 Å². The van der Waals surface area contributed by atoms with E-state index in [2.05, 4.69) is 18.5 Å². The maximum Gasteiger partial charge on any atom is 0.471 e. The van der Waals surface area contributed by atoms with Gasteiger partial charge in [0, 0.05) is 19.5 Å². The van der Waals surface area contributed by atoms with Crippen LogP contribution in [0.1, 0.15) is 25.7 Å². The van der Waals surface area contributed by atoms with E-state index in [1.54, 1.807) is 23.5 Å². The van der Waals surface area contributed by atoms with Gasteiger partial charge in [0.1, 0.15) is 0 Å². The van der Waals surface area contributed by atoms with E-state index in [4.69, 9.17) is 11.6 Å². The van der Waals surface area contributed by atoms with Crippen LogP contribution in [0.2, 0.25) is 0 Å². The van der Waals surface area contributed by atoms with E-state index in [1.165, 1.54) is 0 Å². The molecule has 0 heterocycles. The van der Waals surface area contributed by atoms with Gasteiger partial charge in [0.2, 0.25) is 5.91 Å². The molecule has 136 valence electrons. The van der Waals surface area contributed by atoms with Gasteiger partial charge >= 0.3 is 12.1 Å². The number of amides is 2. The van der Waals surface area contributed by atoms with Gasteiger partial charge in [-0.3, -0.25) is 9.59 Å². The van der Waals surface area contributed by atoms with E-state index in [-0.39, 0.29) is 25.4 Å². The summed E-state index contributed by atoms with van der Waals surface area (Å²) in [6.07, 6.45) is 1.66. The zero-order valence-electron chi connectivity index (χ0n) is 13.3. The number of hydrogen-bond donors (Lipinski definition) is 2. The molecule has 0 radical (unpaired) electrons. The fourth-order valence-electron chi connectivity index (χ4n) is 1.74. The summed E-state index contributed by atoms with van der Waals surface area (Å²) in [5.74, 6) is -2.14. The molecule has 1 unspecified atom stereocenters. The summed E-state index contributed by atoms with van der Waals surface area (Å²) < 4.78 is 35.8. The van der Waals surface area contributed by atoms with E-state index in [1.807, 2.05) is 0 Å². The van der Waals surface area contributed by atoms with Gasteiger partial charge in [0.05, 0.1) is 5.38 Å². The third kappa shape index (κ3) is 10.1. The second-order valence-electron chi connectivity index (χ2n) is 4.94. The quantitative estimate of drug-likeness (QED) is 0.335. The topological polar surface area (TPSA) is 58.2 Å². The van der Waals surface area contributed by atoms with Gasteiger partial charge in [-0.25, -0.2) is 0 Å². The van der Waals surface area contributed by atoms with Crippen LogP contribution in [-0.2, 0) is 9.59 Å². The highest BCUT2D eigenvalue weighted by molar-refractivity contribution is 6.23. The predicted molar refractivity (Wildman–Crippen MR) is 88.7 cm³/mol. The third-order valence-corrected chi connectivity index (χ3v) is 3.42. The Balaban J connectivity index is 3.81. The second-order valence-corrected chi connectivity index (χ2v) is 5.47. The van der Waals surface area contributed by atoms with Crippen LogP contribution in [0.4, 0.5) is 13.2 Å². The highest BCUT2D eigenvalue weighted by Gasteiger charge is 2.38. The second kappa shape index (κ2) is 11.7. The number of carbonyl (C=O) groups excluding carboxylic acids is 2. The van der Waals surface area contributed by atoms with Crippen LogP contribution in [0, 0.1) is 0 Å². The van der Waals surface area contributed by atoms with Gasteiger partial charge in [-0.2, -0.15) is 13.2 Å². The van der Waals surface area contributed by atoms with Crippen LogP contribution in [0.3, 0.4) is 0 Å². The maximum atomic E-state index is 11.9. The largest absolute Gasteiger partial charge is 0.471 e. The summed E-state index contributed by atoms with van der Waals surface area (Å²) in [5.41, 5.74) is 0.743. The molecular weight excluding hydrogens is 345 g/mol. The summed E-state index contributed by atoms with van der Waals surface area (Å²) in [4.78, 5) is 22.2. The van der Waals surface area contributed by atoms with Crippen molar-refractivity contribution in [3.63, 3.8) is 0 Å². The molecule has 0 aliphatic rings. The molecule has 2 N–H and O–H groups in total. The molecule has 0 saturated heterocycles. The highest BCUT2D eigenvalue weighted by Crippen LogP contribution is 2.14. The summed E-state index contributed by atoms with van der Waals surface area (Å²) >= 11 is 6.10. The SMILES string of the molecule is C=C/C=C(\C=C)C(Cl)CNC(=O)CCCCCNC(=O)C(F)(F)F. The molecule has 0 aliphatic heterocycles. The fourth-order valence-corrected chi connectivity index (χ4v) is 1.97. The Kier molecular flexibility index (Phi) is 10.9. The van der Waals surface area contributed by atoms with Crippen LogP contribution in [0.25, 0.3) is 0 Å². The van der Waals surface area contributed by atoms with Crippen molar-refractivity contribution >= 4 is 23.4 Å². The van der Waals surface area contributed by atoms with Crippen LogP contribution >= 0.6 is 11.6 Å². The Morgan fingerprint density at radius 3 is 2.33 bits per heavy atom. The van der Waals surface area contributed by atoms with E-state index < -0.39 is 17.5 Å². The smallest absolute Gasteiger partial charge is 0.354 e. The maximum absolute atomic E-state index is 11.9. The lowest BCUT2D eigenvalue weighted by Crippen LogP contribution is -2.37. The van der Waals surface area contributed by atoms with Crippen molar-refractivity contribution in [1.29, 1.82) is 0 Å². The summed E-state index contributed by atoms with van der Waals surface area (Å²) in [6.45, 7) is 7.35. The molecule has 2 amide bonds.